The molecule has 0 aromatic rings. The fourth-order valence-corrected chi connectivity index (χ4v) is 6.85. The number of cyclic esters (lactones) is 1. The largest absolute Gasteiger partial charge is 0.462 e. The molecule has 1 unspecified atom stereocenters. The molecule has 3 heterocycles. The molecule has 2 bridgehead atoms. The minimum atomic E-state index is -0.735. The van der Waals surface area contributed by atoms with Crippen molar-refractivity contribution < 1.29 is 38.4 Å². The third-order valence-corrected chi connectivity index (χ3v) is 9.24. The second-order valence-electron chi connectivity index (χ2n) is 11.4. The fraction of sp³-hybridized carbons (Fsp3) is 0.655. The maximum atomic E-state index is 12.9. The zero-order valence-electron chi connectivity index (χ0n) is 22.1. The molecule has 3 fully saturated rings. The van der Waals surface area contributed by atoms with Crippen LogP contribution in [0, 0.1) is 10.8 Å². The molecule has 5 aliphatic rings. The van der Waals surface area contributed by atoms with E-state index >= 15 is 0 Å². The van der Waals surface area contributed by atoms with Crippen LogP contribution in [0.1, 0.15) is 53.4 Å². The number of ether oxygens (including phenoxy) is 5. The van der Waals surface area contributed by atoms with Crippen LogP contribution in [-0.4, -0.2) is 73.0 Å². The maximum Gasteiger partial charge on any atom is 0.331 e. The lowest BCUT2D eigenvalue weighted by molar-refractivity contribution is -0.232. The number of hydrogen-bond acceptors (Lipinski definition) is 8. The zero-order valence-corrected chi connectivity index (χ0v) is 22.1. The van der Waals surface area contributed by atoms with Crippen LogP contribution >= 0.6 is 0 Å². The smallest absolute Gasteiger partial charge is 0.331 e. The Balaban J connectivity index is 1.51. The van der Waals surface area contributed by atoms with Crippen LogP contribution in [0.25, 0.3) is 0 Å². The topological polar surface area (TPSA) is 104 Å². The number of carbonyl (C=O) groups excluding carboxylic acids is 2. The highest BCUT2D eigenvalue weighted by Crippen LogP contribution is 2.72. The molecule has 8 atom stereocenters. The zero-order chi connectivity index (χ0) is 26.4. The lowest BCUT2D eigenvalue weighted by Crippen LogP contribution is -2.66. The second-order valence-corrected chi connectivity index (χ2v) is 11.4. The van der Waals surface area contributed by atoms with Gasteiger partial charge in [0.1, 0.15) is 24.4 Å². The van der Waals surface area contributed by atoms with Gasteiger partial charge >= 0.3 is 11.9 Å². The average molecular weight is 515 g/mol. The van der Waals surface area contributed by atoms with Crippen molar-refractivity contribution in [2.75, 3.05) is 19.8 Å². The van der Waals surface area contributed by atoms with Crippen LogP contribution in [-0.2, 0) is 33.3 Å². The number of epoxide rings is 1. The minimum absolute atomic E-state index is 0.144. The minimum Gasteiger partial charge on any atom is -0.462 e. The highest BCUT2D eigenvalue weighted by Gasteiger charge is 2.83. The van der Waals surface area contributed by atoms with Crippen molar-refractivity contribution in [1.29, 1.82) is 0 Å². The van der Waals surface area contributed by atoms with E-state index in [0.717, 1.165) is 18.4 Å². The molecule has 8 heteroatoms. The number of hydrogen-bond donors (Lipinski definition) is 1. The predicted octanol–water partition coefficient (Wildman–Crippen LogP) is 3.34. The van der Waals surface area contributed by atoms with Gasteiger partial charge in [0.15, 0.2) is 0 Å². The average Bonchev–Trinajstić information content (AvgIpc) is 3.61. The van der Waals surface area contributed by atoms with E-state index in [1.165, 1.54) is 17.7 Å². The van der Waals surface area contributed by atoms with Gasteiger partial charge in [0, 0.05) is 24.0 Å². The molecule has 8 nitrogen and oxygen atoms in total. The summed E-state index contributed by atoms with van der Waals surface area (Å²) in [5.41, 5.74) is 0.318. The molecule has 3 aliphatic heterocycles. The highest BCUT2D eigenvalue weighted by molar-refractivity contribution is 5.83. The highest BCUT2D eigenvalue weighted by atomic mass is 16.6. The monoisotopic (exact) mass is 514 g/mol. The molecule has 2 aliphatic carbocycles. The number of rotatable bonds is 1. The third-order valence-electron chi connectivity index (χ3n) is 9.24. The summed E-state index contributed by atoms with van der Waals surface area (Å²) in [7, 11) is 0. The molecule has 2 saturated heterocycles. The van der Waals surface area contributed by atoms with Gasteiger partial charge in [-0.1, -0.05) is 42.4 Å². The fourth-order valence-electron chi connectivity index (χ4n) is 6.85. The lowest BCUT2D eigenvalue weighted by atomic mass is 9.51. The van der Waals surface area contributed by atoms with Crippen LogP contribution < -0.4 is 0 Å². The van der Waals surface area contributed by atoms with Crippen LogP contribution in [0.4, 0.5) is 0 Å². The first kappa shape index (κ1) is 26.4. The molecular formula is C29H38O8. The summed E-state index contributed by atoms with van der Waals surface area (Å²) in [5.74, 6) is -0.879. The summed E-state index contributed by atoms with van der Waals surface area (Å²) in [6.07, 6.45) is 10.5. The van der Waals surface area contributed by atoms with Gasteiger partial charge < -0.3 is 28.8 Å². The van der Waals surface area contributed by atoms with Gasteiger partial charge in [0.2, 0.25) is 0 Å². The summed E-state index contributed by atoms with van der Waals surface area (Å²) in [6.45, 7) is 8.73. The van der Waals surface area contributed by atoms with Gasteiger partial charge in [-0.05, 0) is 40.0 Å². The molecule has 2 spiro atoms. The van der Waals surface area contributed by atoms with Crippen molar-refractivity contribution in [1.82, 2.24) is 0 Å². The maximum absolute atomic E-state index is 12.9. The number of esters is 2. The van der Waals surface area contributed by atoms with Crippen LogP contribution in [0.5, 0.6) is 0 Å². The van der Waals surface area contributed by atoms with Crippen molar-refractivity contribution in [3.8, 4) is 0 Å². The summed E-state index contributed by atoms with van der Waals surface area (Å²) >= 11 is 0. The Hall–Kier alpha value is -2.26. The van der Waals surface area contributed by atoms with Gasteiger partial charge in [-0.3, -0.25) is 0 Å². The predicted molar refractivity (Wildman–Crippen MR) is 134 cm³/mol. The summed E-state index contributed by atoms with van der Waals surface area (Å²) in [6, 6.07) is 0. The Bertz CT molecular complexity index is 1050. The Labute approximate surface area is 218 Å². The molecule has 0 aromatic carbocycles. The molecule has 0 amide bonds. The molecule has 0 radical (unpaired) electrons. The van der Waals surface area contributed by atoms with Gasteiger partial charge in [-0.25, -0.2) is 9.59 Å². The van der Waals surface area contributed by atoms with E-state index in [2.05, 4.69) is 19.9 Å². The van der Waals surface area contributed by atoms with Crippen molar-refractivity contribution >= 4 is 11.9 Å². The summed E-state index contributed by atoms with van der Waals surface area (Å²) in [4.78, 5) is 25.9. The lowest BCUT2D eigenvalue weighted by Gasteiger charge is -2.58. The number of carbonyl (C=O) groups is 2. The van der Waals surface area contributed by atoms with Gasteiger partial charge in [0.05, 0.1) is 36.9 Å². The van der Waals surface area contributed by atoms with Crippen molar-refractivity contribution in [2.45, 2.75) is 89.5 Å². The first-order chi connectivity index (χ1) is 17.6. The summed E-state index contributed by atoms with van der Waals surface area (Å²) in [5, 5.41) is 10.0. The summed E-state index contributed by atoms with van der Waals surface area (Å²) < 4.78 is 30.6. The second kappa shape index (κ2) is 9.80. The van der Waals surface area contributed by atoms with Gasteiger partial charge in [-0.15, -0.1) is 0 Å². The van der Waals surface area contributed by atoms with E-state index < -0.39 is 46.7 Å². The molecular weight excluding hydrogens is 476 g/mol. The standard InChI is InChI=1S/C29H38O8/c1-18-9-11-28-16-34-26(32)14-19(2)10-12-33-21(20(3)30)7-5-6-8-25(31)37-22-15-24(36-23(28)13-18)29(17-35-29)27(22,28)4/h5-8,13-14,20-24,30H,9-12,15-17H2,1-4H3/b7-5?,8-6-,19-14-/t20-,21-,22-,23-,24?,27-,28-,29+/m1/s1. The van der Waals surface area contributed by atoms with E-state index in [4.69, 9.17) is 23.7 Å². The number of aliphatic hydroxyl groups is 1. The van der Waals surface area contributed by atoms with Crippen molar-refractivity contribution in [2.24, 2.45) is 10.8 Å². The first-order valence-corrected chi connectivity index (χ1v) is 13.3. The molecule has 1 N–H and O–H groups in total. The van der Waals surface area contributed by atoms with Crippen molar-refractivity contribution in [3.63, 3.8) is 0 Å². The Kier molecular flexibility index (Phi) is 6.98. The Morgan fingerprint density at radius 3 is 2.57 bits per heavy atom. The van der Waals surface area contributed by atoms with E-state index in [1.54, 1.807) is 25.2 Å². The van der Waals surface area contributed by atoms with Crippen LogP contribution in [0.2, 0.25) is 0 Å². The van der Waals surface area contributed by atoms with Gasteiger partial charge in [-0.2, -0.15) is 0 Å². The first-order valence-electron chi connectivity index (χ1n) is 13.3. The normalized spacial score (nSPS) is 45.3. The molecule has 202 valence electrons. The quantitative estimate of drug-likeness (QED) is 0.323. The van der Waals surface area contributed by atoms with Crippen molar-refractivity contribution in [3.05, 3.63) is 47.6 Å². The van der Waals surface area contributed by atoms with Gasteiger partial charge in [0.25, 0.3) is 0 Å². The SMILES string of the molecule is CC1=C[C@H]2OC3C[C@H]4OC(=O)/C=C\C=C[C@H]([C@@H](C)O)OCC/C(C)=C\C(=O)OC[C@@]2(CC1)[C@]4(C)[C@]31CO1. The van der Waals surface area contributed by atoms with E-state index in [1.807, 2.05) is 6.92 Å². The van der Waals surface area contributed by atoms with Crippen LogP contribution in [0.3, 0.4) is 0 Å². The molecule has 0 aromatic heterocycles. The Morgan fingerprint density at radius 2 is 1.84 bits per heavy atom. The van der Waals surface area contributed by atoms with E-state index in [0.29, 0.717) is 26.1 Å². The molecule has 1 saturated carbocycles. The molecule has 5 rings (SSSR count). The van der Waals surface area contributed by atoms with E-state index in [-0.39, 0.29) is 18.8 Å². The molecule has 37 heavy (non-hydrogen) atoms. The Morgan fingerprint density at radius 1 is 1.05 bits per heavy atom. The van der Waals surface area contributed by atoms with Crippen LogP contribution in [0.15, 0.2) is 47.6 Å². The van der Waals surface area contributed by atoms with E-state index in [9.17, 15) is 14.7 Å². The number of allylic oxidation sites excluding steroid dienone is 3. The third kappa shape index (κ3) is 4.42. The number of aliphatic hydroxyl groups excluding tert-OH is 1.